The zero-order chi connectivity index (χ0) is 19.1. The number of amides is 1. The fourth-order valence-electron chi connectivity index (χ4n) is 2.26. The molecule has 0 bridgehead atoms. The molecule has 0 saturated heterocycles. The summed E-state index contributed by atoms with van der Waals surface area (Å²) >= 11 is 11.9. The highest BCUT2D eigenvalue weighted by Crippen LogP contribution is 2.25. The van der Waals surface area contributed by atoms with Gasteiger partial charge in [-0.25, -0.2) is 0 Å². The number of nitriles is 1. The lowest BCUT2D eigenvalue weighted by atomic mass is 10.2. The Kier molecular flexibility index (Phi) is 7.08. The van der Waals surface area contributed by atoms with Crippen molar-refractivity contribution in [1.29, 1.82) is 5.26 Å². The molecule has 0 aliphatic rings. The number of hydrogen-bond donors (Lipinski definition) is 1. The van der Waals surface area contributed by atoms with Crippen LogP contribution in [0.3, 0.4) is 0 Å². The van der Waals surface area contributed by atoms with Crippen molar-refractivity contribution in [2.24, 2.45) is 0 Å². The molecule has 0 atom stereocenters. The van der Waals surface area contributed by atoms with Crippen molar-refractivity contribution in [3.8, 4) is 6.07 Å². The first kappa shape index (κ1) is 19.8. The molecule has 0 unspecified atom stereocenters. The molecule has 0 spiro atoms. The van der Waals surface area contributed by atoms with Gasteiger partial charge in [0.15, 0.2) is 0 Å². The van der Waals surface area contributed by atoms with E-state index in [-0.39, 0.29) is 11.6 Å². The van der Waals surface area contributed by atoms with Gasteiger partial charge in [-0.3, -0.25) is 4.79 Å². The minimum absolute atomic E-state index is 0.000600. The molecular formula is C20H19Cl2N3O. The van der Waals surface area contributed by atoms with Crippen LogP contribution in [0.25, 0.3) is 0 Å². The lowest BCUT2D eigenvalue weighted by Crippen LogP contribution is -2.27. The summed E-state index contributed by atoms with van der Waals surface area (Å²) in [6, 6.07) is 16.7. The van der Waals surface area contributed by atoms with E-state index in [2.05, 4.69) is 5.32 Å². The van der Waals surface area contributed by atoms with Gasteiger partial charge in [-0.15, -0.1) is 0 Å². The third-order valence-electron chi connectivity index (χ3n) is 3.71. The molecule has 0 radical (unpaired) electrons. The van der Waals surface area contributed by atoms with Crippen molar-refractivity contribution < 1.29 is 4.79 Å². The van der Waals surface area contributed by atoms with Gasteiger partial charge in [0.25, 0.3) is 5.91 Å². The van der Waals surface area contributed by atoms with Crippen LogP contribution >= 0.6 is 23.2 Å². The Morgan fingerprint density at radius 1 is 1.23 bits per heavy atom. The number of halogens is 2. The molecule has 0 heterocycles. The molecule has 0 fully saturated rings. The molecule has 2 aromatic carbocycles. The molecule has 2 rings (SSSR count). The summed E-state index contributed by atoms with van der Waals surface area (Å²) < 4.78 is 0. The van der Waals surface area contributed by atoms with E-state index in [1.165, 1.54) is 6.07 Å². The van der Waals surface area contributed by atoms with Crippen LogP contribution in [0.4, 0.5) is 5.69 Å². The number of anilines is 1. The number of hydrogen-bond acceptors (Lipinski definition) is 3. The Morgan fingerprint density at radius 3 is 2.50 bits per heavy atom. The third-order valence-corrected chi connectivity index (χ3v) is 4.26. The van der Waals surface area contributed by atoms with Crippen molar-refractivity contribution in [3.63, 3.8) is 0 Å². The van der Waals surface area contributed by atoms with E-state index >= 15 is 0 Å². The molecule has 4 nitrogen and oxygen atoms in total. The second-order valence-electron chi connectivity index (χ2n) is 5.98. The third kappa shape index (κ3) is 5.52. The van der Waals surface area contributed by atoms with Crippen LogP contribution in [0, 0.1) is 11.3 Å². The van der Waals surface area contributed by atoms with Crippen LogP contribution in [0.15, 0.2) is 60.3 Å². The molecule has 26 heavy (non-hydrogen) atoms. The zero-order valence-corrected chi connectivity index (χ0v) is 16.1. The van der Waals surface area contributed by atoms with Crippen molar-refractivity contribution >= 4 is 34.8 Å². The molecule has 0 aromatic heterocycles. The number of nitrogens with zero attached hydrogens (tertiary/aromatic N) is 2. The molecule has 134 valence electrons. The number of nitrogens with one attached hydrogen (secondary N) is 1. The Bertz CT molecular complexity index is 842. The van der Waals surface area contributed by atoms with E-state index in [0.717, 1.165) is 5.56 Å². The lowest BCUT2D eigenvalue weighted by Gasteiger charge is -2.25. The van der Waals surface area contributed by atoms with Crippen molar-refractivity contribution in [2.45, 2.75) is 26.4 Å². The van der Waals surface area contributed by atoms with Gasteiger partial charge < -0.3 is 10.2 Å². The van der Waals surface area contributed by atoms with E-state index in [1.807, 2.05) is 55.1 Å². The predicted molar refractivity (Wildman–Crippen MR) is 106 cm³/mol. The molecule has 0 aliphatic heterocycles. The molecule has 0 aliphatic carbocycles. The fraction of sp³-hybridized carbons (Fsp3) is 0.200. The quantitative estimate of drug-likeness (QED) is 0.543. The average molecular weight is 388 g/mol. The standard InChI is InChI=1S/C20H19Cl2N3O/c1-14(2)25(12-15-6-4-3-5-7-15)13-16(11-23)20(26)24-19-9-8-17(21)10-18(19)22/h3-10,13-14H,12H2,1-2H3,(H,24,26)/b16-13-. The number of benzene rings is 2. The molecule has 1 amide bonds. The number of carbonyl (C=O) groups excluding carboxylic acids is 1. The summed E-state index contributed by atoms with van der Waals surface area (Å²) in [7, 11) is 0. The van der Waals surface area contributed by atoms with E-state index in [1.54, 1.807) is 18.3 Å². The van der Waals surface area contributed by atoms with Gasteiger partial charge in [-0.1, -0.05) is 53.5 Å². The van der Waals surface area contributed by atoms with Gasteiger partial charge in [-0.2, -0.15) is 5.26 Å². The summed E-state index contributed by atoms with van der Waals surface area (Å²) in [4.78, 5) is 14.4. The summed E-state index contributed by atoms with van der Waals surface area (Å²) in [5.74, 6) is -0.518. The Labute approximate surface area is 163 Å². The highest BCUT2D eigenvalue weighted by atomic mass is 35.5. The average Bonchev–Trinajstić information content (AvgIpc) is 2.61. The first-order valence-electron chi connectivity index (χ1n) is 8.08. The van der Waals surface area contributed by atoms with Crippen LogP contribution < -0.4 is 5.32 Å². The van der Waals surface area contributed by atoms with Crippen LogP contribution in [-0.2, 0) is 11.3 Å². The summed E-state index contributed by atoms with van der Waals surface area (Å²) in [5, 5.41) is 12.9. The normalized spacial score (nSPS) is 11.2. The second-order valence-corrected chi connectivity index (χ2v) is 6.83. The summed E-state index contributed by atoms with van der Waals surface area (Å²) in [6.07, 6.45) is 1.58. The number of rotatable bonds is 6. The predicted octanol–water partition coefficient (Wildman–Crippen LogP) is 5.25. The van der Waals surface area contributed by atoms with Gasteiger partial charge in [0.05, 0.1) is 10.7 Å². The maximum absolute atomic E-state index is 12.5. The van der Waals surface area contributed by atoms with Crippen molar-refractivity contribution in [3.05, 3.63) is 75.9 Å². The van der Waals surface area contributed by atoms with Crippen molar-refractivity contribution in [1.82, 2.24) is 4.90 Å². The SMILES string of the molecule is CC(C)N(/C=C(/C#N)C(=O)Nc1ccc(Cl)cc1Cl)Cc1ccccc1. The zero-order valence-electron chi connectivity index (χ0n) is 14.5. The molecule has 0 saturated carbocycles. The first-order chi connectivity index (χ1) is 12.4. The van der Waals surface area contributed by atoms with E-state index < -0.39 is 5.91 Å². The smallest absolute Gasteiger partial charge is 0.267 e. The Hall–Kier alpha value is -2.48. The molecule has 6 heteroatoms. The van der Waals surface area contributed by atoms with Gasteiger partial charge >= 0.3 is 0 Å². The second kappa shape index (κ2) is 9.28. The van der Waals surface area contributed by atoms with E-state index in [0.29, 0.717) is 22.3 Å². The first-order valence-corrected chi connectivity index (χ1v) is 8.84. The highest BCUT2D eigenvalue weighted by molar-refractivity contribution is 6.36. The van der Waals surface area contributed by atoms with Crippen LogP contribution in [0.5, 0.6) is 0 Å². The highest BCUT2D eigenvalue weighted by Gasteiger charge is 2.15. The fourth-order valence-corrected chi connectivity index (χ4v) is 2.71. The van der Waals surface area contributed by atoms with E-state index in [9.17, 15) is 10.1 Å². The van der Waals surface area contributed by atoms with Crippen LogP contribution in [0.1, 0.15) is 19.4 Å². The van der Waals surface area contributed by atoms with Crippen LogP contribution in [-0.4, -0.2) is 16.8 Å². The van der Waals surface area contributed by atoms with Crippen LogP contribution in [0.2, 0.25) is 10.0 Å². The largest absolute Gasteiger partial charge is 0.369 e. The molecular weight excluding hydrogens is 369 g/mol. The Balaban J connectivity index is 2.20. The molecule has 1 N–H and O–H groups in total. The van der Waals surface area contributed by atoms with E-state index in [4.69, 9.17) is 23.2 Å². The maximum atomic E-state index is 12.5. The Morgan fingerprint density at radius 2 is 1.92 bits per heavy atom. The van der Waals surface area contributed by atoms with Crippen molar-refractivity contribution in [2.75, 3.05) is 5.32 Å². The summed E-state index contributed by atoms with van der Waals surface area (Å²) in [6.45, 7) is 4.60. The topological polar surface area (TPSA) is 56.1 Å². The minimum atomic E-state index is -0.518. The van der Waals surface area contributed by atoms with Gasteiger partial charge in [0, 0.05) is 23.8 Å². The summed E-state index contributed by atoms with van der Waals surface area (Å²) in [5.41, 5.74) is 1.50. The van der Waals surface area contributed by atoms with Gasteiger partial charge in [0.2, 0.25) is 0 Å². The maximum Gasteiger partial charge on any atom is 0.267 e. The molecule has 2 aromatic rings. The lowest BCUT2D eigenvalue weighted by molar-refractivity contribution is -0.112. The number of carbonyl (C=O) groups is 1. The minimum Gasteiger partial charge on any atom is -0.369 e. The van der Waals surface area contributed by atoms with Gasteiger partial charge in [0.1, 0.15) is 11.6 Å². The van der Waals surface area contributed by atoms with Gasteiger partial charge in [-0.05, 0) is 37.6 Å². The monoisotopic (exact) mass is 387 g/mol.